The Bertz CT molecular complexity index is 346. The zero-order valence-corrected chi connectivity index (χ0v) is 7.43. The first-order chi connectivity index (χ1) is 6.49. The van der Waals surface area contributed by atoms with Crippen molar-refractivity contribution in [2.45, 2.75) is 19.5 Å². The Morgan fingerprint density at radius 3 is 2.57 bits per heavy atom. The van der Waals surface area contributed by atoms with Gasteiger partial charge in [0.1, 0.15) is 5.69 Å². The lowest BCUT2D eigenvalue weighted by Gasteiger charge is -2.08. The first kappa shape index (κ1) is 10.7. The molecule has 0 N–H and O–H groups in total. The summed E-state index contributed by atoms with van der Waals surface area (Å²) < 4.78 is 36.6. The van der Waals surface area contributed by atoms with Crippen LogP contribution in [-0.2, 0) is 12.6 Å². The van der Waals surface area contributed by atoms with E-state index in [1.807, 2.05) is 0 Å². The molecule has 76 valence electrons. The number of aromatic nitrogens is 1. The molecule has 5 heteroatoms. The molecule has 1 aromatic heterocycles. The van der Waals surface area contributed by atoms with Gasteiger partial charge in [0.25, 0.3) is 0 Å². The molecule has 0 spiro atoms. The number of hydrogen-bond donors (Lipinski definition) is 0. The van der Waals surface area contributed by atoms with Gasteiger partial charge in [-0.3, -0.25) is 9.78 Å². The molecule has 1 aromatic rings. The van der Waals surface area contributed by atoms with E-state index < -0.39 is 11.9 Å². The smallest absolute Gasteiger partial charge is 0.298 e. The molecule has 0 fully saturated rings. The number of nitrogens with zero attached hydrogens (tertiary/aromatic N) is 1. The van der Waals surface area contributed by atoms with Gasteiger partial charge in [-0.25, -0.2) is 0 Å². The van der Waals surface area contributed by atoms with Crippen molar-refractivity contribution < 1.29 is 18.0 Å². The van der Waals surface area contributed by atoms with Gasteiger partial charge in [-0.1, -0.05) is 6.92 Å². The maximum Gasteiger partial charge on any atom is 0.433 e. The Labute approximate surface area is 78.8 Å². The zero-order chi connectivity index (χ0) is 10.8. The summed E-state index contributed by atoms with van der Waals surface area (Å²) in [7, 11) is 0. The van der Waals surface area contributed by atoms with Crippen LogP contribution in [0.2, 0.25) is 0 Å². The molecule has 2 nitrogen and oxygen atoms in total. The molecule has 1 heterocycles. The molecular formula is C9H8F3NO. The van der Waals surface area contributed by atoms with Crippen LogP contribution in [-0.4, -0.2) is 11.3 Å². The summed E-state index contributed by atoms with van der Waals surface area (Å²) in [5.74, 6) is 0. The van der Waals surface area contributed by atoms with E-state index in [2.05, 4.69) is 4.98 Å². The Kier molecular flexibility index (Phi) is 2.88. The minimum atomic E-state index is -4.45. The molecule has 0 aliphatic heterocycles. The molecule has 0 saturated heterocycles. The standard InChI is InChI=1S/C9H8F3NO/c1-2-6-3-8(9(10,11)12)13-4-7(6)5-14/h3-5H,2H2,1H3. The highest BCUT2D eigenvalue weighted by atomic mass is 19.4. The van der Waals surface area contributed by atoms with Crippen LogP contribution in [0.4, 0.5) is 13.2 Å². The van der Waals surface area contributed by atoms with Gasteiger partial charge >= 0.3 is 6.18 Å². The van der Waals surface area contributed by atoms with Crippen molar-refractivity contribution in [1.82, 2.24) is 4.98 Å². The van der Waals surface area contributed by atoms with Gasteiger partial charge in [0.05, 0.1) is 0 Å². The highest BCUT2D eigenvalue weighted by Crippen LogP contribution is 2.28. The number of hydrogen-bond acceptors (Lipinski definition) is 2. The predicted molar refractivity (Wildman–Crippen MR) is 44.0 cm³/mol. The Balaban J connectivity index is 3.21. The number of carbonyl (C=O) groups excluding carboxylic acids is 1. The van der Waals surface area contributed by atoms with Crippen molar-refractivity contribution in [3.8, 4) is 0 Å². The van der Waals surface area contributed by atoms with E-state index in [9.17, 15) is 18.0 Å². The second kappa shape index (κ2) is 3.77. The molecule has 14 heavy (non-hydrogen) atoms. The average molecular weight is 203 g/mol. The molecule has 0 radical (unpaired) electrons. The highest BCUT2D eigenvalue weighted by molar-refractivity contribution is 5.76. The lowest BCUT2D eigenvalue weighted by Crippen LogP contribution is -2.09. The van der Waals surface area contributed by atoms with Crippen molar-refractivity contribution in [3.05, 3.63) is 29.1 Å². The summed E-state index contributed by atoms with van der Waals surface area (Å²) in [5.41, 5.74) is -0.386. The molecule has 0 aliphatic carbocycles. The normalized spacial score (nSPS) is 11.4. The number of alkyl halides is 3. The number of rotatable bonds is 2. The average Bonchev–Trinajstić information content (AvgIpc) is 2.15. The summed E-state index contributed by atoms with van der Waals surface area (Å²) in [6.07, 6.45) is -2.62. The number of aryl methyl sites for hydroxylation is 1. The van der Waals surface area contributed by atoms with Gasteiger partial charge in [0.2, 0.25) is 0 Å². The Morgan fingerprint density at radius 1 is 1.50 bits per heavy atom. The van der Waals surface area contributed by atoms with Gasteiger partial charge in [0, 0.05) is 11.8 Å². The first-order valence-electron chi connectivity index (χ1n) is 4.00. The molecule has 0 unspecified atom stereocenters. The van der Waals surface area contributed by atoms with Crippen molar-refractivity contribution >= 4 is 6.29 Å². The summed E-state index contributed by atoms with van der Waals surface area (Å²) in [4.78, 5) is 13.6. The topological polar surface area (TPSA) is 30.0 Å². The molecule has 0 aromatic carbocycles. The van der Waals surface area contributed by atoms with E-state index in [0.29, 0.717) is 18.3 Å². The largest absolute Gasteiger partial charge is 0.433 e. The first-order valence-corrected chi connectivity index (χ1v) is 4.00. The third kappa shape index (κ3) is 2.10. The summed E-state index contributed by atoms with van der Waals surface area (Å²) in [6.45, 7) is 1.68. The van der Waals surface area contributed by atoms with Gasteiger partial charge in [-0.2, -0.15) is 13.2 Å². The van der Waals surface area contributed by atoms with Crippen LogP contribution in [0.3, 0.4) is 0 Å². The van der Waals surface area contributed by atoms with Crippen LogP contribution in [0.5, 0.6) is 0 Å². The Morgan fingerprint density at radius 2 is 2.14 bits per heavy atom. The predicted octanol–water partition coefficient (Wildman–Crippen LogP) is 2.48. The Hall–Kier alpha value is -1.39. The monoisotopic (exact) mass is 203 g/mol. The van der Waals surface area contributed by atoms with Gasteiger partial charge in [0.15, 0.2) is 6.29 Å². The van der Waals surface area contributed by atoms with Crippen LogP contribution < -0.4 is 0 Å². The fourth-order valence-corrected chi connectivity index (χ4v) is 1.07. The van der Waals surface area contributed by atoms with E-state index in [1.54, 1.807) is 6.92 Å². The lowest BCUT2D eigenvalue weighted by molar-refractivity contribution is -0.141. The quantitative estimate of drug-likeness (QED) is 0.691. The summed E-state index contributed by atoms with van der Waals surface area (Å²) in [5, 5.41) is 0. The van der Waals surface area contributed by atoms with Crippen molar-refractivity contribution in [3.63, 3.8) is 0 Å². The molecule has 0 atom stereocenters. The second-order valence-electron chi connectivity index (χ2n) is 2.74. The molecule has 1 rings (SSSR count). The van der Waals surface area contributed by atoms with E-state index in [0.717, 1.165) is 12.3 Å². The van der Waals surface area contributed by atoms with E-state index in [-0.39, 0.29) is 5.56 Å². The van der Waals surface area contributed by atoms with Crippen molar-refractivity contribution in [2.24, 2.45) is 0 Å². The molecule has 0 aliphatic rings. The number of aldehydes is 1. The van der Waals surface area contributed by atoms with Crippen LogP contribution >= 0.6 is 0 Å². The number of pyridine rings is 1. The summed E-state index contributed by atoms with van der Waals surface area (Å²) >= 11 is 0. The molecule has 0 saturated carbocycles. The maximum atomic E-state index is 12.2. The minimum absolute atomic E-state index is 0.209. The van der Waals surface area contributed by atoms with E-state index >= 15 is 0 Å². The van der Waals surface area contributed by atoms with Crippen LogP contribution in [0.25, 0.3) is 0 Å². The third-order valence-electron chi connectivity index (χ3n) is 1.82. The van der Waals surface area contributed by atoms with Crippen LogP contribution in [0, 0.1) is 0 Å². The van der Waals surface area contributed by atoms with Crippen LogP contribution in [0.1, 0.15) is 28.5 Å². The van der Waals surface area contributed by atoms with Crippen LogP contribution in [0.15, 0.2) is 12.3 Å². The van der Waals surface area contributed by atoms with Gasteiger partial charge in [-0.05, 0) is 18.1 Å². The third-order valence-corrected chi connectivity index (χ3v) is 1.82. The second-order valence-corrected chi connectivity index (χ2v) is 2.74. The van der Waals surface area contributed by atoms with E-state index in [4.69, 9.17) is 0 Å². The fraction of sp³-hybridized carbons (Fsp3) is 0.333. The number of halogens is 3. The van der Waals surface area contributed by atoms with E-state index in [1.165, 1.54) is 0 Å². The lowest BCUT2D eigenvalue weighted by atomic mass is 10.1. The maximum absolute atomic E-state index is 12.2. The number of carbonyl (C=O) groups is 1. The zero-order valence-electron chi connectivity index (χ0n) is 7.43. The van der Waals surface area contributed by atoms with Crippen molar-refractivity contribution in [1.29, 1.82) is 0 Å². The molecule has 0 bridgehead atoms. The minimum Gasteiger partial charge on any atom is -0.298 e. The van der Waals surface area contributed by atoms with Gasteiger partial charge in [-0.15, -0.1) is 0 Å². The van der Waals surface area contributed by atoms with Gasteiger partial charge < -0.3 is 0 Å². The fourth-order valence-electron chi connectivity index (χ4n) is 1.07. The SMILES string of the molecule is CCc1cc(C(F)(F)F)ncc1C=O. The molecular weight excluding hydrogens is 195 g/mol. The highest BCUT2D eigenvalue weighted by Gasteiger charge is 2.32. The summed E-state index contributed by atoms with van der Waals surface area (Å²) in [6, 6.07) is 0.906. The molecule has 0 amide bonds. The van der Waals surface area contributed by atoms with Crippen molar-refractivity contribution in [2.75, 3.05) is 0 Å².